The number of halogens is 2. The van der Waals surface area contributed by atoms with Gasteiger partial charge in [-0.3, -0.25) is 4.79 Å². The number of ether oxygens (including phenoxy) is 2. The quantitative estimate of drug-likeness (QED) is 0.602. The van der Waals surface area contributed by atoms with Gasteiger partial charge >= 0.3 is 0 Å². The monoisotopic (exact) mass is 465 g/mol. The van der Waals surface area contributed by atoms with Crippen molar-refractivity contribution in [3.05, 3.63) is 69.2 Å². The summed E-state index contributed by atoms with van der Waals surface area (Å²) >= 11 is 9.53. The Morgan fingerprint density at radius 1 is 1.14 bits per heavy atom. The molecule has 0 saturated carbocycles. The number of hydrogen-bond acceptors (Lipinski definition) is 3. The molecule has 0 aliphatic carbocycles. The van der Waals surface area contributed by atoms with E-state index in [1.165, 1.54) is 0 Å². The van der Waals surface area contributed by atoms with E-state index in [0.29, 0.717) is 30.9 Å². The van der Waals surface area contributed by atoms with Gasteiger partial charge in [-0.25, -0.2) is 0 Å². The van der Waals surface area contributed by atoms with Crippen LogP contribution in [0.2, 0.25) is 5.02 Å². The summed E-state index contributed by atoms with van der Waals surface area (Å²) in [6.45, 7) is 2.50. The van der Waals surface area contributed by atoms with Gasteiger partial charge in [0.05, 0.1) is 18.8 Å². The Morgan fingerprint density at radius 3 is 2.21 bits per heavy atom. The SMILES string of the molecule is COCCC(=O)N[C@@]1(C)C[C@@H](c2ccc(Cl)cc2)O[C@@H](c2ccc(Br)cc2)C1. The third kappa shape index (κ3) is 5.57. The first-order valence-corrected chi connectivity index (χ1v) is 10.5. The third-order valence-corrected chi connectivity index (χ3v) is 5.84. The van der Waals surface area contributed by atoms with E-state index in [9.17, 15) is 4.79 Å². The lowest BCUT2D eigenvalue weighted by Crippen LogP contribution is -2.51. The standard InChI is InChI=1S/C22H25BrClNO3/c1-22(25-21(26)11-12-27-2)13-19(15-3-7-17(23)8-4-15)28-20(14-22)16-5-9-18(24)10-6-16/h3-10,19-20H,11-14H2,1-2H3,(H,25,26)/t19-,20+,22-/m1/s1. The largest absolute Gasteiger partial charge is 0.384 e. The summed E-state index contributed by atoms with van der Waals surface area (Å²) in [7, 11) is 1.60. The van der Waals surface area contributed by atoms with Crippen molar-refractivity contribution in [3.63, 3.8) is 0 Å². The first-order chi connectivity index (χ1) is 13.4. The molecule has 1 heterocycles. The number of carbonyl (C=O) groups is 1. The van der Waals surface area contributed by atoms with Crippen molar-refractivity contribution in [1.29, 1.82) is 0 Å². The molecule has 0 aromatic heterocycles. The van der Waals surface area contributed by atoms with Gasteiger partial charge in [-0.1, -0.05) is 51.8 Å². The zero-order valence-corrected chi connectivity index (χ0v) is 18.4. The van der Waals surface area contributed by atoms with Crippen LogP contribution >= 0.6 is 27.5 Å². The first-order valence-electron chi connectivity index (χ1n) is 9.35. The smallest absolute Gasteiger partial charge is 0.222 e. The van der Waals surface area contributed by atoms with Crippen molar-refractivity contribution in [2.45, 2.75) is 43.9 Å². The number of carbonyl (C=O) groups excluding carboxylic acids is 1. The molecule has 2 aromatic rings. The van der Waals surface area contributed by atoms with Crippen molar-refractivity contribution in [1.82, 2.24) is 5.32 Å². The highest BCUT2D eigenvalue weighted by Gasteiger charge is 2.40. The molecule has 0 bridgehead atoms. The fraction of sp³-hybridized carbons (Fsp3) is 0.409. The van der Waals surface area contributed by atoms with Gasteiger partial charge in [0.2, 0.25) is 5.91 Å². The maximum Gasteiger partial charge on any atom is 0.222 e. The maximum atomic E-state index is 12.4. The predicted octanol–water partition coefficient (Wildman–Crippen LogP) is 5.61. The topological polar surface area (TPSA) is 47.6 Å². The van der Waals surface area contributed by atoms with Crippen molar-refractivity contribution < 1.29 is 14.3 Å². The molecule has 3 atom stereocenters. The highest BCUT2D eigenvalue weighted by atomic mass is 79.9. The van der Waals surface area contributed by atoms with Gasteiger partial charge in [-0.2, -0.15) is 0 Å². The van der Waals surface area contributed by atoms with Crippen LogP contribution in [0.4, 0.5) is 0 Å². The van der Waals surface area contributed by atoms with Gasteiger partial charge < -0.3 is 14.8 Å². The van der Waals surface area contributed by atoms with E-state index >= 15 is 0 Å². The molecule has 0 spiro atoms. The second kappa shape index (κ2) is 9.40. The average molecular weight is 467 g/mol. The van der Waals surface area contributed by atoms with E-state index in [1.54, 1.807) is 7.11 Å². The van der Waals surface area contributed by atoms with E-state index in [1.807, 2.05) is 36.4 Å². The lowest BCUT2D eigenvalue weighted by molar-refractivity contribution is -0.129. The number of amides is 1. The van der Waals surface area contributed by atoms with Crippen LogP contribution < -0.4 is 5.32 Å². The minimum atomic E-state index is -0.384. The number of nitrogens with one attached hydrogen (secondary N) is 1. The Bertz CT molecular complexity index is 741. The fourth-order valence-corrected chi connectivity index (χ4v) is 4.03. The van der Waals surface area contributed by atoms with Crippen LogP contribution in [0, 0.1) is 0 Å². The first kappa shape index (κ1) is 21.3. The molecule has 1 amide bonds. The summed E-state index contributed by atoms with van der Waals surface area (Å²) < 4.78 is 12.5. The molecule has 2 aromatic carbocycles. The normalized spacial score (nSPS) is 24.7. The molecule has 1 N–H and O–H groups in total. The molecule has 1 aliphatic rings. The van der Waals surface area contributed by atoms with Crippen LogP contribution in [-0.4, -0.2) is 25.2 Å². The molecule has 4 nitrogen and oxygen atoms in total. The number of benzene rings is 2. The van der Waals surface area contributed by atoms with E-state index in [4.69, 9.17) is 21.1 Å². The van der Waals surface area contributed by atoms with Gasteiger partial charge in [-0.15, -0.1) is 0 Å². The maximum absolute atomic E-state index is 12.4. The minimum Gasteiger partial charge on any atom is -0.384 e. The molecule has 1 saturated heterocycles. The Morgan fingerprint density at radius 2 is 1.68 bits per heavy atom. The fourth-order valence-electron chi connectivity index (χ4n) is 3.64. The van der Waals surface area contributed by atoms with Crippen molar-refractivity contribution in [2.75, 3.05) is 13.7 Å². The van der Waals surface area contributed by atoms with Crippen LogP contribution in [0.3, 0.4) is 0 Å². The summed E-state index contributed by atoms with van der Waals surface area (Å²) in [5.74, 6) is -0.00402. The van der Waals surface area contributed by atoms with Crippen molar-refractivity contribution >= 4 is 33.4 Å². The van der Waals surface area contributed by atoms with Gasteiger partial charge in [0, 0.05) is 41.4 Å². The molecule has 28 heavy (non-hydrogen) atoms. The van der Waals surface area contributed by atoms with Crippen LogP contribution in [0.1, 0.15) is 49.5 Å². The molecule has 6 heteroatoms. The number of rotatable bonds is 6. The molecular weight excluding hydrogens is 442 g/mol. The highest BCUT2D eigenvalue weighted by Crippen LogP contribution is 2.44. The summed E-state index contributed by atoms with van der Waals surface area (Å²) in [6, 6.07) is 15.9. The van der Waals surface area contributed by atoms with Crippen LogP contribution in [0.5, 0.6) is 0 Å². The molecular formula is C22H25BrClNO3. The van der Waals surface area contributed by atoms with E-state index in [-0.39, 0.29) is 23.7 Å². The summed E-state index contributed by atoms with van der Waals surface area (Å²) in [5.41, 5.74) is 1.77. The molecule has 150 valence electrons. The van der Waals surface area contributed by atoms with Crippen LogP contribution in [0.25, 0.3) is 0 Å². The second-order valence-electron chi connectivity index (χ2n) is 7.48. The molecule has 1 fully saturated rings. The number of hydrogen-bond donors (Lipinski definition) is 1. The number of methoxy groups -OCH3 is 1. The van der Waals surface area contributed by atoms with E-state index in [0.717, 1.165) is 15.6 Å². The summed E-state index contributed by atoms with van der Waals surface area (Å²) in [6.07, 6.45) is 1.50. The minimum absolute atomic E-state index is 0.00402. The lowest BCUT2D eigenvalue weighted by atomic mass is 9.81. The van der Waals surface area contributed by atoms with Gasteiger partial charge in [-0.05, 0) is 42.3 Å². The zero-order chi connectivity index (χ0) is 20.1. The Labute approximate surface area is 179 Å². The van der Waals surface area contributed by atoms with E-state index < -0.39 is 0 Å². The average Bonchev–Trinajstić information content (AvgIpc) is 2.66. The summed E-state index contributed by atoms with van der Waals surface area (Å²) in [4.78, 5) is 12.4. The Balaban J connectivity index is 1.85. The molecule has 1 aliphatic heterocycles. The van der Waals surface area contributed by atoms with Crippen LogP contribution in [-0.2, 0) is 14.3 Å². The van der Waals surface area contributed by atoms with Crippen molar-refractivity contribution in [3.8, 4) is 0 Å². The van der Waals surface area contributed by atoms with Gasteiger partial charge in [0.25, 0.3) is 0 Å². The zero-order valence-electron chi connectivity index (χ0n) is 16.1. The molecule has 3 rings (SSSR count). The van der Waals surface area contributed by atoms with E-state index in [2.05, 4.69) is 40.3 Å². The highest BCUT2D eigenvalue weighted by molar-refractivity contribution is 9.10. The van der Waals surface area contributed by atoms with Crippen LogP contribution in [0.15, 0.2) is 53.0 Å². The second-order valence-corrected chi connectivity index (χ2v) is 8.83. The molecule has 0 unspecified atom stereocenters. The van der Waals surface area contributed by atoms with Gasteiger partial charge in [0.15, 0.2) is 0 Å². The summed E-state index contributed by atoms with van der Waals surface area (Å²) in [5, 5.41) is 3.91. The Hall–Kier alpha value is -1.40. The van der Waals surface area contributed by atoms with Gasteiger partial charge in [0.1, 0.15) is 0 Å². The third-order valence-electron chi connectivity index (χ3n) is 5.06. The van der Waals surface area contributed by atoms with Crippen molar-refractivity contribution in [2.24, 2.45) is 0 Å². The lowest BCUT2D eigenvalue weighted by Gasteiger charge is -2.43. The molecule has 0 radical (unpaired) electrons. The predicted molar refractivity (Wildman–Crippen MR) is 114 cm³/mol. The Kier molecular flexibility index (Phi) is 7.15.